The number of nitrogens with two attached hydrogens (primary N) is 1. The van der Waals surface area contributed by atoms with Crippen molar-refractivity contribution in [3.8, 4) is 35.1 Å². The number of halogens is 5. The van der Waals surface area contributed by atoms with Crippen LogP contribution in [-0.2, 0) is 10.9 Å². The van der Waals surface area contributed by atoms with Crippen LogP contribution in [0.1, 0.15) is 30.9 Å². The highest BCUT2D eigenvalue weighted by molar-refractivity contribution is 5.96. The van der Waals surface area contributed by atoms with Crippen LogP contribution in [0.3, 0.4) is 0 Å². The first-order valence-corrected chi connectivity index (χ1v) is 13.4. The molecule has 5 N–H and O–H groups in total. The maximum atomic E-state index is 16.4. The maximum Gasteiger partial charge on any atom is 0.417 e. The molecule has 5 rings (SSSR count). The van der Waals surface area contributed by atoms with E-state index in [9.17, 15) is 22.7 Å². The molecule has 2 unspecified atom stereocenters. The van der Waals surface area contributed by atoms with E-state index in [0.29, 0.717) is 25.6 Å². The highest BCUT2D eigenvalue weighted by atomic mass is 19.4. The fourth-order valence-corrected chi connectivity index (χ4v) is 4.89. The summed E-state index contributed by atoms with van der Waals surface area (Å²) in [5, 5.41) is 15.8. The lowest BCUT2D eigenvalue weighted by Crippen LogP contribution is -2.33. The number of hydrogen-bond donors (Lipinski definition) is 4. The number of nitrogens with zero attached hydrogens (tertiary/aromatic N) is 3. The summed E-state index contributed by atoms with van der Waals surface area (Å²) >= 11 is 0. The fourth-order valence-electron chi connectivity index (χ4n) is 4.89. The van der Waals surface area contributed by atoms with E-state index in [0.717, 1.165) is 6.92 Å². The third-order valence-corrected chi connectivity index (χ3v) is 7.25. The Kier molecular flexibility index (Phi) is 8.35. The van der Waals surface area contributed by atoms with Gasteiger partial charge in [0.15, 0.2) is 5.82 Å². The SMILES string of the molecule is Cc1c(F)c(N)cc(-c2nc3c4c(nc(OCC5(CO)CCOC5)nc4c2F)NCCNC#CCC(C)O3)c1C(F)(F)F. The molecular weight excluding hydrogens is 579 g/mol. The Hall–Kier alpha value is -4.16. The minimum atomic E-state index is -5.08. The van der Waals surface area contributed by atoms with Crippen LogP contribution in [0.15, 0.2) is 6.07 Å². The van der Waals surface area contributed by atoms with Crippen LogP contribution < -0.4 is 25.8 Å². The number of hydrogen-bond acceptors (Lipinski definition) is 10. The zero-order valence-electron chi connectivity index (χ0n) is 23.3. The van der Waals surface area contributed by atoms with Gasteiger partial charge in [0.1, 0.15) is 40.9 Å². The predicted molar refractivity (Wildman–Crippen MR) is 146 cm³/mol. The molecular formula is C28H29F5N6O4. The van der Waals surface area contributed by atoms with Crippen LogP contribution >= 0.6 is 0 Å². The van der Waals surface area contributed by atoms with E-state index in [-0.39, 0.29) is 55.9 Å². The Balaban J connectivity index is 1.76. The molecule has 0 spiro atoms. The summed E-state index contributed by atoms with van der Waals surface area (Å²) in [6.07, 6.45) is -5.02. The van der Waals surface area contributed by atoms with E-state index in [4.69, 9.17) is 19.9 Å². The number of rotatable bonds is 5. The predicted octanol–water partition coefficient (Wildman–Crippen LogP) is 3.79. The quantitative estimate of drug-likeness (QED) is 0.192. The lowest BCUT2D eigenvalue weighted by atomic mass is 9.90. The number of aliphatic hydroxyl groups is 1. The molecule has 0 bridgehead atoms. The molecule has 1 aromatic carbocycles. The van der Waals surface area contributed by atoms with Gasteiger partial charge in [-0.25, -0.2) is 13.8 Å². The van der Waals surface area contributed by atoms with Crippen molar-refractivity contribution in [1.82, 2.24) is 20.3 Å². The maximum absolute atomic E-state index is 16.4. The lowest BCUT2D eigenvalue weighted by Gasteiger charge is -2.24. The summed E-state index contributed by atoms with van der Waals surface area (Å²) < 4.78 is 91.0. The first kappa shape index (κ1) is 30.3. The molecule has 1 fully saturated rings. The number of alkyl halides is 3. The van der Waals surface area contributed by atoms with E-state index in [1.54, 1.807) is 6.92 Å². The van der Waals surface area contributed by atoms with Gasteiger partial charge >= 0.3 is 12.2 Å². The van der Waals surface area contributed by atoms with Crippen molar-refractivity contribution >= 4 is 22.4 Å². The second-order valence-electron chi connectivity index (χ2n) is 10.5. The molecule has 2 atom stereocenters. The average molecular weight is 609 g/mol. The Morgan fingerprint density at radius 1 is 1.21 bits per heavy atom. The van der Waals surface area contributed by atoms with Gasteiger partial charge in [0.2, 0.25) is 5.88 Å². The number of aliphatic hydroxyl groups excluding tert-OH is 1. The van der Waals surface area contributed by atoms with Crippen molar-refractivity contribution in [2.24, 2.45) is 5.41 Å². The smallest absolute Gasteiger partial charge is 0.417 e. The molecule has 3 aromatic rings. The highest BCUT2D eigenvalue weighted by Gasteiger charge is 2.40. The summed E-state index contributed by atoms with van der Waals surface area (Å²) in [5.74, 6) is 0.114. The van der Waals surface area contributed by atoms with Crippen LogP contribution in [0, 0.1) is 35.9 Å². The topological polar surface area (TPSA) is 137 Å². The van der Waals surface area contributed by atoms with Crippen molar-refractivity contribution in [1.29, 1.82) is 0 Å². The van der Waals surface area contributed by atoms with E-state index in [1.165, 1.54) is 0 Å². The van der Waals surface area contributed by atoms with Crippen molar-refractivity contribution < 1.29 is 41.3 Å². The van der Waals surface area contributed by atoms with Crippen LogP contribution in [-0.4, -0.2) is 65.7 Å². The minimum Gasteiger partial charge on any atom is -0.473 e. The molecule has 43 heavy (non-hydrogen) atoms. The summed E-state index contributed by atoms with van der Waals surface area (Å²) in [6.45, 7) is 3.48. The third kappa shape index (κ3) is 6.02. The molecule has 0 saturated carbocycles. The lowest BCUT2D eigenvalue weighted by molar-refractivity contribution is -0.137. The normalized spacial score (nSPS) is 20.6. The molecule has 1 saturated heterocycles. The fraction of sp³-hybridized carbons (Fsp3) is 0.464. The number of ether oxygens (including phenoxy) is 3. The summed E-state index contributed by atoms with van der Waals surface area (Å²) in [6, 6.07) is 3.15. The van der Waals surface area contributed by atoms with Gasteiger partial charge in [-0.15, -0.1) is 0 Å². The van der Waals surface area contributed by atoms with Crippen molar-refractivity contribution in [2.45, 2.75) is 39.0 Å². The van der Waals surface area contributed by atoms with Crippen LogP contribution in [0.4, 0.5) is 33.5 Å². The summed E-state index contributed by atoms with van der Waals surface area (Å²) in [4.78, 5) is 12.8. The van der Waals surface area contributed by atoms with Gasteiger partial charge in [0.05, 0.1) is 29.9 Å². The molecule has 0 aliphatic carbocycles. The molecule has 0 amide bonds. The number of benzene rings is 1. The zero-order valence-corrected chi connectivity index (χ0v) is 23.3. The Bertz CT molecular complexity index is 1600. The van der Waals surface area contributed by atoms with E-state index >= 15 is 4.39 Å². The van der Waals surface area contributed by atoms with Crippen LogP contribution in [0.25, 0.3) is 22.2 Å². The first-order valence-electron chi connectivity index (χ1n) is 13.4. The van der Waals surface area contributed by atoms with E-state index < -0.39 is 62.9 Å². The van der Waals surface area contributed by atoms with Gasteiger partial charge in [-0.1, -0.05) is 5.92 Å². The molecule has 0 radical (unpaired) electrons. The average Bonchev–Trinajstić information content (AvgIpc) is 3.43. The molecule has 15 heteroatoms. The largest absolute Gasteiger partial charge is 0.473 e. The van der Waals surface area contributed by atoms with Crippen molar-refractivity contribution in [3.05, 3.63) is 28.8 Å². The van der Waals surface area contributed by atoms with Crippen molar-refractivity contribution in [2.75, 3.05) is 50.6 Å². The zero-order chi connectivity index (χ0) is 30.9. The second-order valence-corrected chi connectivity index (χ2v) is 10.5. The highest BCUT2D eigenvalue weighted by Crippen LogP contribution is 2.45. The number of aromatic nitrogens is 3. The molecule has 4 heterocycles. The second kappa shape index (κ2) is 11.8. The Labute approximate surface area is 243 Å². The monoisotopic (exact) mass is 608 g/mol. The molecule has 2 aliphatic rings. The number of nitrogen functional groups attached to an aromatic ring is 1. The van der Waals surface area contributed by atoms with Gasteiger partial charge in [0, 0.05) is 37.7 Å². The standard InChI is InChI=1S/C28H29F5N6O4/c1-14-4-3-6-35-7-8-36-24-18-23(38-26(39-24)42-13-27(11-40)5-9-41-12-27)21(30)22(37-25(18)43-14)16-10-17(34)20(29)15(2)19(16)28(31,32)33/h10,14,35,40H,4-5,7-9,11-13,34H2,1-2H3,(H,36,38,39). The number of pyridine rings is 1. The van der Waals surface area contributed by atoms with E-state index in [2.05, 4.69) is 37.6 Å². The summed E-state index contributed by atoms with van der Waals surface area (Å²) in [5.41, 5.74) is 0.0434. The molecule has 230 valence electrons. The Morgan fingerprint density at radius 2 is 2.00 bits per heavy atom. The molecule has 2 aliphatic heterocycles. The van der Waals surface area contributed by atoms with Crippen molar-refractivity contribution in [3.63, 3.8) is 0 Å². The van der Waals surface area contributed by atoms with Gasteiger partial charge < -0.3 is 35.7 Å². The Morgan fingerprint density at radius 3 is 2.70 bits per heavy atom. The number of anilines is 2. The van der Waals surface area contributed by atoms with Gasteiger partial charge in [-0.2, -0.15) is 23.1 Å². The van der Waals surface area contributed by atoms with Crippen LogP contribution in [0.2, 0.25) is 0 Å². The van der Waals surface area contributed by atoms with E-state index in [1.807, 2.05) is 0 Å². The van der Waals surface area contributed by atoms with Crippen LogP contribution in [0.5, 0.6) is 11.9 Å². The minimum absolute atomic E-state index is 0.0436. The van der Waals surface area contributed by atoms with Gasteiger partial charge in [-0.05, 0) is 31.9 Å². The first-order chi connectivity index (χ1) is 20.4. The summed E-state index contributed by atoms with van der Waals surface area (Å²) in [7, 11) is 0. The molecule has 10 nitrogen and oxygen atoms in total. The number of nitrogens with one attached hydrogen (secondary N) is 2. The van der Waals surface area contributed by atoms with Gasteiger partial charge in [0.25, 0.3) is 0 Å². The third-order valence-electron chi connectivity index (χ3n) is 7.25. The molecule has 2 aromatic heterocycles. The van der Waals surface area contributed by atoms with Gasteiger partial charge in [-0.3, -0.25) is 0 Å².